The summed E-state index contributed by atoms with van der Waals surface area (Å²) < 4.78 is 15.3. The molecule has 7 amide bonds. The fourth-order valence-corrected chi connectivity index (χ4v) is 5.25. The van der Waals surface area contributed by atoms with Crippen LogP contribution in [-0.4, -0.2) is 115 Å². The van der Waals surface area contributed by atoms with Gasteiger partial charge < -0.3 is 40.4 Å². The van der Waals surface area contributed by atoms with Crippen LogP contribution in [0.2, 0.25) is 0 Å². The highest BCUT2D eigenvalue weighted by molar-refractivity contribution is 5.97. The van der Waals surface area contributed by atoms with Crippen LogP contribution in [0.3, 0.4) is 0 Å². The molecule has 0 aliphatic carbocycles. The number of amides is 7. The Kier molecular flexibility index (Phi) is 22.1. The molecule has 2 atom stereocenters. The highest BCUT2D eigenvalue weighted by Gasteiger charge is 2.39. The quantitative estimate of drug-likeness (QED) is 0.0496. The van der Waals surface area contributed by atoms with Gasteiger partial charge in [-0.2, -0.15) is 11.0 Å². The molecule has 56 heavy (non-hydrogen) atoms. The standard InChI is InChI=1S/C37H67N7O12/c1-35(2,3)54-32(49)40-22-14-10-11-17-23-44-27(19-13-16-21-39-29(46)25-53-43-34(51)56-37(7,8)9)30(47)41-26(31(44)48)18-12-15-20-38-28(45)24-52-42-33(50)55-36(4,5)6/h26-27H,10-25H2,1-9H3,(H,38,45)(H,39,46)(H,40,49)(H,41,47)(H,42,50)(H,43,51)/t26-,27-/m0/s1. The predicted molar refractivity (Wildman–Crippen MR) is 205 cm³/mol. The summed E-state index contributed by atoms with van der Waals surface area (Å²) in [4.78, 5) is 97.8. The summed E-state index contributed by atoms with van der Waals surface area (Å²) in [5, 5.41) is 11.0. The lowest BCUT2D eigenvalue weighted by Gasteiger charge is -2.39. The molecule has 0 aromatic heterocycles. The number of ether oxygens (including phenoxy) is 3. The molecule has 1 heterocycles. The lowest BCUT2D eigenvalue weighted by Crippen LogP contribution is -2.63. The molecule has 1 fully saturated rings. The Labute approximate surface area is 331 Å². The minimum absolute atomic E-state index is 0.171. The molecule has 0 spiro atoms. The maximum Gasteiger partial charge on any atom is 0.431 e. The Hall–Kier alpha value is -4.39. The third-order valence-electron chi connectivity index (χ3n) is 7.55. The van der Waals surface area contributed by atoms with Gasteiger partial charge in [0.1, 0.15) is 28.9 Å². The van der Waals surface area contributed by atoms with Crippen molar-refractivity contribution < 1.29 is 57.4 Å². The fourth-order valence-electron chi connectivity index (χ4n) is 5.25. The average Bonchev–Trinajstić information content (AvgIpc) is 3.04. The van der Waals surface area contributed by atoms with Gasteiger partial charge in [0.2, 0.25) is 23.6 Å². The zero-order valence-electron chi connectivity index (χ0n) is 34.8. The number of rotatable bonds is 23. The Morgan fingerprint density at radius 2 is 1.00 bits per heavy atom. The summed E-state index contributed by atoms with van der Waals surface area (Å²) in [5.74, 6) is -1.30. The van der Waals surface area contributed by atoms with Gasteiger partial charge in [-0.05, 0) is 114 Å². The summed E-state index contributed by atoms with van der Waals surface area (Å²) >= 11 is 0. The Balaban J connectivity index is 2.58. The van der Waals surface area contributed by atoms with Crippen LogP contribution in [0.4, 0.5) is 14.4 Å². The van der Waals surface area contributed by atoms with Crippen LogP contribution in [-0.2, 0) is 43.1 Å². The van der Waals surface area contributed by atoms with Crippen LogP contribution in [0.25, 0.3) is 0 Å². The Morgan fingerprint density at radius 3 is 1.50 bits per heavy atom. The van der Waals surface area contributed by atoms with Crippen molar-refractivity contribution in [3.05, 3.63) is 0 Å². The van der Waals surface area contributed by atoms with Gasteiger partial charge in [0.25, 0.3) is 0 Å². The van der Waals surface area contributed by atoms with E-state index in [4.69, 9.17) is 23.9 Å². The highest BCUT2D eigenvalue weighted by atomic mass is 16.7. The van der Waals surface area contributed by atoms with E-state index in [0.717, 1.165) is 19.3 Å². The van der Waals surface area contributed by atoms with Gasteiger partial charge in [0.05, 0.1) is 0 Å². The molecule has 0 radical (unpaired) electrons. The van der Waals surface area contributed by atoms with E-state index in [1.165, 1.54) is 0 Å². The van der Waals surface area contributed by atoms with Crippen LogP contribution < -0.4 is 32.2 Å². The lowest BCUT2D eigenvalue weighted by molar-refractivity contribution is -0.150. The first-order valence-corrected chi connectivity index (χ1v) is 19.4. The van der Waals surface area contributed by atoms with Crippen molar-refractivity contribution in [1.29, 1.82) is 0 Å². The van der Waals surface area contributed by atoms with Crippen molar-refractivity contribution >= 4 is 41.9 Å². The van der Waals surface area contributed by atoms with E-state index < -0.39 is 72.2 Å². The third kappa shape index (κ3) is 24.9. The van der Waals surface area contributed by atoms with Crippen molar-refractivity contribution in [2.45, 2.75) is 155 Å². The fraction of sp³-hybridized carbons (Fsp3) is 0.811. The number of unbranched alkanes of at least 4 members (excludes halogenated alkanes) is 5. The largest absolute Gasteiger partial charge is 0.444 e. The van der Waals surface area contributed by atoms with Crippen LogP contribution in [0.15, 0.2) is 0 Å². The van der Waals surface area contributed by atoms with Crippen molar-refractivity contribution in [3.63, 3.8) is 0 Å². The maximum atomic E-state index is 13.7. The topological polar surface area (TPSA) is 241 Å². The zero-order chi connectivity index (χ0) is 42.4. The molecule has 19 nitrogen and oxygen atoms in total. The van der Waals surface area contributed by atoms with E-state index >= 15 is 0 Å². The number of carbonyl (C=O) groups is 7. The molecule has 19 heteroatoms. The first kappa shape index (κ1) is 49.6. The van der Waals surface area contributed by atoms with Crippen LogP contribution in [0.1, 0.15) is 127 Å². The monoisotopic (exact) mass is 801 g/mol. The van der Waals surface area contributed by atoms with Gasteiger partial charge in [-0.3, -0.25) is 28.9 Å². The smallest absolute Gasteiger partial charge is 0.431 e. The van der Waals surface area contributed by atoms with Gasteiger partial charge in [-0.25, -0.2) is 14.4 Å². The number of carbonyl (C=O) groups excluding carboxylic acids is 7. The molecule has 0 aromatic rings. The maximum absolute atomic E-state index is 13.7. The molecule has 1 saturated heterocycles. The Morgan fingerprint density at radius 1 is 0.571 bits per heavy atom. The minimum atomic E-state index is -0.810. The summed E-state index contributed by atoms with van der Waals surface area (Å²) in [5.41, 5.74) is 2.10. The van der Waals surface area contributed by atoms with Gasteiger partial charge in [0, 0.05) is 26.2 Å². The second-order valence-corrected chi connectivity index (χ2v) is 16.4. The minimum Gasteiger partial charge on any atom is -0.444 e. The van der Waals surface area contributed by atoms with Crippen molar-refractivity contribution in [2.24, 2.45) is 0 Å². The first-order chi connectivity index (χ1) is 26.1. The van der Waals surface area contributed by atoms with E-state index in [-0.39, 0.29) is 11.8 Å². The number of nitrogens with zero attached hydrogens (tertiary/aromatic N) is 1. The second kappa shape index (κ2) is 25.0. The van der Waals surface area contributed by atoms with Crippen molar-refractivity contribution in [1.82, 2.24) is 37.1 Å². The summed E-state index contributed by atoms with van der Waals surface area (Å²) in [6.07, 6.45) is 3.86. The van der Waals surface area contributed by atoms with E-state index in [2.05, 4.69) is 26.7 Å². The molecule has 0 aromatic carbocycles. The highest BCUT2D eigenvalue weighted by Crippen LogP contribution is 2.20. The van der Waals surface area contributed by atoms with E-state index in [9.17, 15) is 33.6 Å². The van der Waals surface area contributed by atoms with Gasteiger partial charge in [-0.1, -0.05) is 12.8 Å². The first-order valence-electron chi connectivity index (χ1n) is 19.4. The molecule has 0 unspecified atom stereocenters. The number of hydrogen-bond acceptors (Lipinski definition) is 12. The van der Waals surface area contributed by atoms with E-state index in [1.54, 1.807) is 67.2 Å². The van der Waals surface area contributed by atoms with E-state index in [1.807, 2.05) is 5.48 Å². The van der Waals surface area contributed by atoms with Crippen molar-refractivity contribution in [2.75, 3.05) is 39.4 Å². The predicted octanol–water partition coefficient (Wildman–Crippen LogP) is 3.25. The molecule has 6 N–H and O–H groups in total. The second-order valence-electron chi connectivity index (χ2n) is 16.4. The van der Waals surface area contributed by atoms with Crippen LogP contribution in [0.5, 0.6) is 0 Å². The molecule has 1 aliphatic rings. The third-order valence-corrected chi connectivity index (χ3v) is 7.55. The van der Waals surface area contributed by atoms with Gasteiger partial charge in [0.15, 0.2) is 13.2 Å². The molecule has 1 aliphatic heterocycles. The van der Waals surface area contributed by atoms with Gasteiger partial charge >= 0.3 is 18.3 Å². The number of nitrogens with one attached hydrogen (secondary N) is 6. The molecule has 322 valence electrons. The Bertz CT molecular complexity index is 1280. The number of hydroxylamine groups is 2. The zero-order valence-corrected chi connectivity index (χ0v) is 34.8. The van der Waals surface area contributed by atoms with Crippen LogP contribution >= 0.6 is 0 Å². The van der Waals surface area contributed by atoms with E-state index in [0.29, 0.717) is 71.1 Å². The normalized spacial score (nSPS) is 16.0. The molecule has 0 bridgehead atoms. The SMILES string of the molecule is CC(C)(C)OC(=O)NCCCCCCN1C(=O)[C@H](CCCCNC(=O)CONC(=O)OC(C)(C)C)NC(=O)[C@@H]1CCCCNC(=O)CONC(=O)OC(C)(C)C. The van der Waals surface area contributed by atoms with Crippen molar-refractivity contribution in [3.8, 4) is 0 Å². The van der Waals surface area contributed by atoms with Crippen LogP contribution in [0, 0.1) is 0 Å². The summed E-state index contributed by atoms with van der Waals surface area (Å²) in [7, 11) is 0. The number of hydrogen-bond donors (Lipinski definition) is 6. The average molecular weight is 802 g/mol. The lowest BCUT2D eigenvalue weighted by atomic mass is 9.98. The molecular weight excluding hydrogens is 734 g/mol. The molecular formula is C37H67N7O12. The summed E-state index contributed by atoms with van der Waals surface area (Å²) in [6.45, 7) is 16.2. The number of piperazine rings is 1. The number of alkyl carbamates (subject to hydrolysis) is 1. The van der Waals surface area contributed by atoms with Gasteiger partial charge in [-0.15, -0.1) is 0 Å². The summed E-state index contributed by atoms with van der Waals surface area (Å²) in [6, 6.07) is -1.37. The molecule has 1 rings (SSSR count). The molecule has 0 saturated carbocycles.